The van der Waals surface area contributed by atoms with Gasteiger partial charge in [0.05, 0.1) is 6.04 Å². The fourth-order valence-electron chi connectivity index (χ4n) is 4.70. The van der Waals surface area contributed by atoms with Crippen molar-refractivity contribution in [2.75, 3.05) is 13.1 Å². The van der Waals surface area contributed by atoms with E-state index in [0.717, 1.165) is 32.1 Å². The minimum absolute atomic E-state index is 0.0518. The van der Waals surface area contributed by atoms with Crippen LogP contribution in [0.25, 0.3) is 0 Å². The molecule has 0 saturated carbocycles. The monoisotopic (exact) mass is 439 g/mol. The molecule has 0 N–H and O–H groups in total. The number of piperidine rings is 1. The number of ketones is 1. The van der Waals surface area contributed by atoms with Crippen molar-refractivity contribution < 1.29 is 14.4 Å². The molecule has 0 spiro atoms. The van der Waals surface area contributed by atoms with Crippen LogP contribution in [0.5, 0.6) is 0 Å². The van der Waals surface area contributed by atoms with Crippen molar-refractivity contribution in [2.24, 2.45) is 0 Å². The van der Waals surface area contributed by atoms with Crippen molar-refractivity contribution >= 4 is 28.9 Å². The molecule has 31 heavy (non-hydrogen) atoms. The van der Waals surface area contributed by atoms with Crippen LogP contribution in [-0.2, 0) is 16.0 Å². The lowest BCUT2D eigenvalue weighted by Gasteiger charge is -2.38. The zero-order chi connectivity index (χ0) is 21.6. The topological polar surface area (TPSA) is 70.6 Å². The number of carbonyl (C=O) groups excluding carboxylic acids is 3. The fraction of sp³-hybridized carbons (Fsp3) is 0.500. The summed E-state index contributed by atoms with van der Waals surface area (Å²) < 4.78 is 0. The van der Waals surface area contributed by atoms with Gasteiger partial charge in [-0.15, -0.1) is 11.3 Å². The molecule has 3 heterocycles. The first-order valence-electron chi connectivity index (χ1n) is 11.2. The summed E-state index contributed by atoms with van der Waals surface area (Å²) in [5.41, 5.74) is 1.22. The van der Waals surface area contributed by atoms with E-state index in [0.29, 0.717) is 37.4 Å². The number of likely N-dealkylation sites (tertiary alicyclic amines) is 2. The highest BCUT2D eigenvalue weighted by molar-refractivity contribution is 7.11. The number of aromatic nitrogens is 1. The Morgan fingerprint density at radius 3 is 2.52 bits per heavy atom. The first-order valence-corrected chi connectivity index (χ1v) is 12.1. The van der Waals surface area contributed by atoms with E-state index in [1.54, 1.807) is 21.4 Å². The predicted octanol–water partition coefficient (Wildman–Crippen LogP) is 3.72. The van der Waals surface area contributed by atoms with Crippen LogP contribution in [0.15, 0.2) is 41.9 Å². The van der Waals surface area contributed by atoms with E-state index >= 15 is 0 Å². The summed E-state index contributed by atoms with van der Waals surface area (Å²) in [6, 6.07) is 9.27. The molecule has 2 aliphatic rings. The van der Waals surface area contributed by atoms with Crippen LogP contribution in [0.3, 0.4) is 0 Å². The molecule has 2 aliphatic heterocycles. The van der Waals surface area contributed by atoms with Gasteiger partial charge in [-0.1, -0.05) is 30.3 Å². The third-order valence-electron chi connectivity index (χ3n) is 6.29. The van der Waals surface area contributed by atoms with E-state index in [9.17, 15) is 14.4 Å². The number of amides is 2. The summed E-state index contributed by atoms with van der Waals surface area (Å²) >= 11 is 1.32. The first kappa shape index (κ1) is 21.7. The molecular formula is C24H29N3O3S. The lowest BCUT2D eigenvalue weighted by Crippen LogP contribution is -2.55. The van der Waals surface area contributed by atoms with Gasteiger partial charge in [-0.3, -0.25) is 14.4 Å². The molecule has 0 radical (unpaired) electrons. The highest BCUT2D eigenvalue weighted by atomic mass is 32.1. The molecule has 2 aromatic rings. The second-order valence-corrected chi connectivity index (χ2v) is 9.22. The predicted molar refractivity (Wildman–Crippen MR) is 120 cm³/mol. The highest BCUT2D eigenvalue weighted by Gasteiger charge is 2.41. The zero-order valence-corrected chi connectivity index (χ0v) is 18.6. The molecular weight excluding hydrogens is 410 g/mol. The number of thiazole rings is 1. The Labute approximate surface area is 187 Å². The molecule has 7 heteroatoms. The maximum atomic E-state index is 13.5. The standard InChI is InChI=1S/C24H29N3O3S/c28-21(13-6-10-18-8-2-1-3-9-18)26-15-5-4-11-20(26)24(30)27-16-7-12-19(27)22(29)23-25-14-17-31-23/h1-3,8-9,14,17,19-20H,4-7,10-13,15-16H2/t19-,20-/m0/s1. The van der Waals surface area contributed by atoms with Gasteiger partial charge in [-0.25, -0.2) is 4.98 Å². The molecule has 6 nitrogen and oxygen atoms in total. The van der Waals surface area contributed by atoms with E-state index in [2.05, 4.69) is 17.1 Å². The number of nitrogens with zero attached hydrogens (tertiary/aromatic N) is 3. The quantitative estimate of drug-likeness (QED) is 0.617. The highest BCUT2D eigenvalue weighted by Crippen LogP contribution is 2.27. The molecule has 2 saturated heterocycles. The van der Waals surface area contributed by atoms with Crippen LogP contribution < -0.4 is 0 Å². The SMILES string of the molecule is O=C(c1nccs1)[C@@H]1CCCN1C(=O)[C@@H]1CCCCN1C(=O)CCCc1ccccc1. The van der Waals surface area contributed by atoms with Gasteiger partial charge in [0.15, 0.2) is 5.01 Å². The van der Waals surface area contributed by atoms with E-state index in [1.807, 2.05) is 18.2 Å². The molecule has 2 fully saturated rings. The zero-order valence-electron chi connectivity index (χ0n) is 17.7. The number of benzene rings is 1. The normalized spacial score (nSPS) is 21.3. The van der Waals surface area contributed by atoms with Crippen LogP contribution >= 0.6 is 11.3 Å². The average molecular weight is 440 g/mol. The Kier molecular flexibility index (Phi) is 7.12. The molecule has 0 bridgehead atoms. The Hall–Kier alpha value is -2.54. The Morgan fingerprint density at radius 2 is 1.74 bits per heavy atom. The molecule has 2 amide bonds. The van der Waals surface area contributed by atoms with Crippen molar-refractivity contribution in [3.05, 3.63) is 52.5 Å². The number of aryl methyl sites for hydroxylation is 1. The fourth-order valence-corrected chi connectivity index (χ4v) is 5.33. The summed E-state index contributed by atoms with van der Waals surface area (Å²) in [6.45, 7) is 1.20. The number of Topliss-reactive ketones (excluding diaryl/α,β-unsaturated/α-hetero) is 1. The van der Waals surface area contributed by atoms with Crippen molar-refractivity contribution in [3.8, 4) is 0 Å². The minimum Gasteiger partial charge on any atom is -0.331 e. The number of hydrogen-bond donors (Lipinski definition) is 0. The summed E-state index contributed by atoms with van der Waals surface area (Å²) in [7, 11) is 0. The van der Waals surface area contributed by atoms with E-state index in [1.165, 1.54) is 16.9 Å². The molecule has 1 aromatic heterocycles. The van der Waals surface area contributed by atoms with Crippen LogP contribution in [0.1, 0.15) is 60.3 Å². The Bertz CT molecular complexity index is 900. The maximum absolute atomic E-state index is 13.5. The lowest BCUT2D eigenvalue weighted by molar-refractivity contribution is -0.147. The smallest absolute Gasteiger partial charge is 0.246 e. The Balaban J connectivity index is 1.39. The third kappa shape index (κ3) is 5.03. The molecule has 0 aliphatic carbocycles. The van der Waals surface area contributed by atoms with Crippen LogP contribution in [0, 0.1) is 0 Å². The van der Waals surface area contributed by atoms with Crippen LogP contribution in [0.4, 0.5) is 0 Å². The van der Waals surface area contributed by atoms with E-state index in [4.69, 9.17) is 0 Å². The summed E-state index contributed by atoms with van der Waals surface area (Å²) in [5.74, 6) is -0.0862. The van der Waals surface area contributed by atoms with Gasteiger partial charge in [-0.05, 0) is 50.5 Å². The van der Waals surface area contributed by atoms with Gasteiger partial charge < -0.3 is 9.80 Å². The largest absolute Gasteiger partial charge is 0.331 e. The van der Waals surface area contributed by atoms with Gasteiger partial charge in [0.25, 0.3) is 0 Å². The molecule has 4 rings (SSSR count). The van der Waals surface area contributed by atoms with Crippen molar-refractivity contribution in [3.63, 3.8) is 0 Å². The van der Waals surface area contributed by atoms with Gasteiger partial charge in [0.1, 0.15) is 6.04 Å². The lowest BCUT2D eigenvalue weighted by atomic mass is 9.98. The van der Waals surface area contributed by atoms with Gasteiger partial charge in [0.2, 0.25) is 17.6 Å². The second kappa shape index (κ2) is 10.2. The van der Waals surface area contributed by atoms with Gasteiger partial charge in [0, 0.05) is 31.1 Å². The van der Waals surface area contributed by atoms with E-state index < -0.39 is 12.1 Å². The number of hydrogen-bond acceptors (Lipinski definition) is 5. The summed E-state index contributed by atoms with van der Waals surface area (Å²) in [5, 5.41) is 2.24. The van der Waals surface area contributed by atoms with Gasteiger partial charge in [-0.2, -0.15) is 0 Å². The summed E-state index contributed by atoms with van der Waals surface area (Å²) in [4.78, 5) is 47.0. The Morgan fingerprint density at radius 1 is 0.968 bits per heavy atom. The third-order valence-corrected chi connectivity index (χ3v) is 7.08. The second-order valence-electron chi connectivity index (χ2n) is 8.33. The number of carbonyl (C=O) groups is 3. The first-order chi connectivity index (χ1) is 15.1. The van der Waals surface area contributed by atoms with Crippen molar-refractivity contribution in [1.29, 1.82) is 0 Å². The molecule has 164 valence electrons. The van der Waals surface area contributed by atoms with Crippen LogP contribution in [-0.4, -0.2) is 57.6 Å². The van der Waals surface area contributed by atoms with Crippen molar-refractivity contribution in [2.45, 2.75) is 63.5 Å². The van der Waals surface area contributed by atoms with Gasteiger partial charge >= 0.3 is 0 Å². The number of rotatable bonds is 7. The molecule has 0 unspecified atom stereocenters. The molecule has 1 aromatic carbocycles. The maximum Gasteiger partial charge on any atom is 0.246 e. The van der Waals surface area contributed by atoms with Crippen molar-refractivity contribution in [1.82, 2.24) is 14.8 Å². The van der Waals surface area contributed by atoms with Crippen LogP contribution in [0.2, 0.25) is 0 Å². The molecule has 2 atom stereocenters. The average Bonchev–Trinajstić information content (AvgIpc) is 3.51. The minimum atomic E-state index is -0.449. The van der Waals surface area contributed by atoms with E-state index in [-0.39, 0.29) is 17.6 Å². The summed E-state index contributed by atoms with van der Waals surface area (Å²) in [6.07, 6.45) is 7.71.